The van der Waals surface area contributed by atoms with Gasteiger partial charge in [0.05, 0.1) is 13.2 Å². The number of halogens is 1. The molecule has 2 saturated heterocycles. The molecule has 0 aliphatic carbocycles. The number of fused-ring (bicyclic) bond motifs is 1. The van der Waals surface area contributed by atoms with Gasteiger partial charge in [0.25, 0.3) is 5.91 Å². The number of carbonyl (C=O) groups excluding carboxylic acids is 2. The van der Waals surface area contributed by atoms with Crippen LogP contribution in [0.3, 0.4) is 0 Å². The summed E-state index contributed by atoms with van der Waals surface area (Å²) in [6, 6.07) is 7.49. The van der Waals surface area contributed by atoms with Crippen LogP contribution in [-0.4, -0.2) is 65.5 Å². The van der Waals surface area contributed by atoms with Crippen LogP contribution in [0.4, 0.5) is 4.39 Å². The normalized spacial score (nSPS) is 20.6. The van der Waals surface area contributed by atoms with Crippen LogP contribution < -0.4 is 0 Å². The van der Waals surface area contributed by atoms with Crippen LogP contribution in [0.2, 0.25) is 0 Å². The number of nitrogens with zero attached hydrogens (tertiary/aromatic N) is 3. The van der Waals surface area contributed by atoms with Crippen LogP contribution in [0.15, 0.2) is 30.3 Å². The zero-order valence-electron chi connectivity index (χ0n) is 14.4. The molecule has 2 amide bonds. The highest BCUT2D eigenvalue weighted by atomic mass is 19.1. The molecule has 1 aromatic heterocycles. The third kappa shape index (κ3) is 3.03. The second-order valence-electron chi connectivity index (χ2n) is 6.60. The van der Waals surface area contributed by atoms with Gasteiger partial charge in [-0.1, -0.05) is 18.2 Å². The van der Waals surface area contributed by atoms with Gasteiger partial charge in [-0.3, -0.25) is 9.59 Å². The van der Waals surface area contributed by atoms with E-state index in [2.05, 4.69) is 4.98 Å². The maximum Gasteiger partial charge on any atom is 0.273 e. The number of morpholine rings is 1. The molecule has 3 heterocycles. The fraction of sp³-hybridized carbons (Fsp3) is 0.421. The molecule has 0 saturated carbocycles. The van der Waals surface area contributed by atoms with Crippen molar-refractivity contribution in [3.8, 4) is 0 Å². The maximum absolute atomic E-state index is 14.0. The maximum atomic E-state index is 14.0. The second kappa shape index (κ2) is 6.99. The summed E-state index contributed by atoms with van der Waals surface area (Å²) in [6.07, 6.45) is 1.41. The summed E-state index contributed by atoms with van der Waals surface area (Å²) in [5.74, 6) is -0.815. The van der Waals surface area contributed by atoms with E-state index in [0.717, 1.165) is 6.42 Å². The quantitative estimate of drug-likeness (QED) is 0.823. The fourth-order valence-corrected chi connectivity index (χ4v) is 3.64. The van der Waals surface area contributed by atoms with Crippen LogP contribution in [0.5, 0.6) is 0 Å². The molecule has 1 aromatic carbocycles. The molecular formula is C19H20FN3O3. The first-order valence-electron chi connectivity index (χ1n) is 8.88. The number of para-hydroxylation sites is 1. The molecule has 0 N–H and O–H groups in total. The Morgan fingerprint density at radius 1 is 1.12 bits per heavy atom. The van der Waals surface area contributed by atoms with Gasteiger partial charge in [0.1, 0.15) is 23.1 Å². The Bertz CT molecular complexity index is 851. The lowest BCUT2D eigenvalue weighted by Crippen LogP contribution is -2.51. The van der Waals surface area contributed by atoms with E-state index in [1.54, 1.807) is 34.1 Å². The molecule has 2 aliphatic heterocycles. The number of amides is 2. The van der Waals surface area contributed by atoms with E-state index < -0.39 is 11.9 Å². The summed E-state index contributed by atoms with van der Waals surface area (Å²) in [4.78, 5) is 33.3. The number of hydrogen-bond acceptors (Lipinski definition) is 4. The number of rotatable bonds is 2. The highest BCUT2D eigenvalue weighted by Gasteiger charge is 2.37. The highest BCUT2D eigenvalue weighted by Crippen LogP contribution is 2.23. The molecule has 0 bridgehead atoms. The minimum atomic E-state index is -0.473. The Kier molecular flexibility index (Phi) is 4.55. The molecule has 2 aromatic rings. The molecule has 0 spiro atoms. The van der Waals surface area contributed by atoms with Crippen LogP contribution in [-0.2, 0) is 9.53 Å². The molecule has 2 aliphatic rings. The summed E-state index contributed by atoms with van der Waals surface area (Å²) in [7, 11) is 0. The zero-order valence-corrected chi connectivity index (χ0v) is 14.4. The predicted octanol–water partition coefficient (Wildman–Crippen LogP) is 1.84. The number of hydrogen-bond donors (Lipinski definition) is 0. The lowest BCUT2D eigenvalue weighted by molar-refractivity contribution is -0.139. The van der Waals surface area contributed by atoms with Crippen molar-refractivity contribution in [3.63, 3.8) is 0 Å². The SMILES string of the molecule is O=C([C@@H]1CCCN1C(=O)c1ccc2cccc(F)c2n1)N1CCOCC1. The van der Waals surface area contributed by atoms with E-state index in [1.165, 1.54) is 6.07 Å². The number of aromatic nitrogens is 1. The average Bonchev–Trinajstić information content (AvgIpc) is 3.17. The summed E-state index contributed by atoms with van der Waals surface area (Å²) in [6.45, 7) is 2.67. The monoisotopic (exact) mass is 357 g/mol. The minimum absolute atomic E-state index is 0.0360. The minimum Gasteiger partial charge on any atom is -0.378 e. The molecule has 4 rings (SSSR count). The summed E-state index contributed by atoms with van der Waals surface area (Å²) in [5, 5.41) is 0.643. The molecule has 7 heteroatoms. The van der Waals surface area contributed by atoms with Crippen molar-refractivity contribution < 1.29 is 18.7 Å². The van der Waals surface area contributed by atoms with E-state index in [0.29, 0.717) is 44.7 Å². The van der Waals surface area contributed by atoms with Gasteiger partial charge in [-0.15, -0.1) is 0 Å². The second-order valence-corrected chi connectivity index (χ2v) is 6.60. The third-order valence-corrected chi connectivity index (χ3v) is 5.01. The molecular weight excluding hydrogens is 337 g/mol. The molecule has 0 unspecified atom stereocenters. The smallest absolute Gasteiger partial charge is 0.273 e. The van der Waals surface area contributed by atoms with Crippen LogP contribution in [0.1, 0.15) is 23.3 Å². The summed E-state index contributed by atoms with van der Waals surface area (Å²) < 4.78 is 19.3. The first-order valence-corrected chi connectivity index (χ1v) is 8.88. The Labute approximate surface area is 150 Å². The van der Waals surface area contributed by atoms with Gasteiger partial charge in [-0.05, 0) is 25.0 Å². The Morgan fingerprint density at radius 3 is 2.73 bits per heavy atom. The van der Waals surface area contributed by atoms with Gasteiger partial charge in [0, 0.05) is 25.0 Å². The molecule has 2 fully saturated rings. The molecule has 26 heavy (non-hydrogen) atoms. The summed E-state index contributed by atoms with van der Waals surface area (Å²) >= 11 is 0. The number of ether oxygens (including phenoxy) is 1. The molecule has 136 valence electrons. The highest BCUT2D eigenvalue weighted by molar-refractivity contribution is 5.98. The van der Waals surface area contributed by atoms with E-state index in [1.807, 2.05) is 0 Å². The Balaban J connectivity index is 1.58. The van der Waals surface area contributed by atoms with Gasteiger partial charge >= 0.3 is 0 Å². The first kappa shape index (κ1) is 16.9. The topological polar surface area (TPSA) is 62.7 Å². The van der Waals surface area contributed by atoms with Crippen molar-refractivity contribution in [3.05, 3.63) is 41.8 Å². The van der Waals surface area contributed by atoms with Crippen molar-refractivity contribution in [1.29, 1.82) is 0 Å². The summed E-state index contributed by atoms with van der Waals surface area (Å²) in [5.41, 5.74) is 0.345. The van der Waals surface area contributed by atoms with E-state index in [9.17, 15) is 14.0 Å². The van der Waals surface area contributed by atoms with Gasteiger partial charge < -0.3 is 14.5 Å². The fourth-order valence-electron chi connectivity index (χ4n) is 3.64. The molecule has 1 atom stereocenters. The predicted molar refractivity (Wildman–Crippen MR) is 93.2 cm³/mol. The number of pyridine rings is 1. The Morgan fingerprint density at radius 2 is 1.92 bits per heavy atom. The van der Waals surface area contributed by atoms with Gasteiger partial charge in [-0.25, -0.2) is 9.37 Å². The van der Waals surface area contributed by atoms with Gasteiger partial charge in [0.2, 0.25) is 5.91 Å². The number of likely N-dealkylation sites (tertiary alicyclic amines) is 1. The van der Waals surface area contributed by atoms with Crippen LogP contribution >= 0.6 is 0 Å². The van der Waals surface area contributed by atoms with E-state index >= 15 is 0 Å². The molecule has 6 nitrogen and oxygen atoms in total. The van der Waals surface area contributed by atoms with E-state index in [-0.39, 0.29) is 23.0 Å². The Hall–Kier alpha value is -2.54. The zero-order chi connectivity index (χ0) is 18.1. The van der Waals surface area contributed by atoms with Crippen molar-refractivity contribution >= 4 is 22.7 Å². The van der Waals surface area contributed by atoms with Crippen molar-refractivity contribution in [2.75, 3.05) is 32.8 Å². The lowest BCUT2D eigenvalue weighted by atomic mass is 10.1. The van der Waals surface area contributed by atoms with Gasteiger partial charge in [-0.2, -0.15) is 0 Å². The third-order valence-electron chi connectivity index (χ3n) is 5.01. The van der Waals surface area contributed by atoms with Crippen molar-refractivity contribution in [1.82, 2.24) is 14.8 Å². The standard InChI is InChI=1S/C19H20FN3O3/c20-14-4-1-3-13-6-7-15(21-17(13)14)18(24)23-8-2-5-16(23)19(25)22-9-11-26-12-10-22/h1,3-4,6-7,16H,2,5,8-12H2/t16-/m0/s1. The first-order chi connectivity index (χ1) is 12.6. The molecule has 0 radical (unpaired) electrons. The van der Waals surface area contributed by atoms with Crippen molar-refractivity contribution in [2.24, 2.45) is 0 Å². The van der Waals surface area contributed by atoms with Gasteiger partial charge in [0.15, 0.2) is 0 Å². The largest absolute Gasteiger partial charge is 0.378 e. The van der Waals surface area contributed by atoms with Crippen molar-refractivity contribution in [2.45, 2.75) is 18.9 Å². The number of benzene rings is 1. The number of carbonyl (C=O) groups is 2. The van der Waals surface area contributed by atoms with Crippen LogP contribution in [0, 0.1) is 5.82 Å². The van der Waals surface area contributed by atoms with E-state index in [4.69, 9.17) is 4.74 Å². The van der Waals surface area contributed by atoms with Crippen LogP contribution in [0.25, 0.3) is 10.9 Å². The average molecular weight is 357 g/mol. The lowest BCUT2D eigenvalue weighted by Gasteiger charge is -2.32.